The number of benzene rings is 8. The molecule has 0 radical (unpaired) electrons. The highest BCUT2D eigenvalue weighted by atomic mass is 15.2. The van der Waals surface area contributed by atoms with Gasteiger partial charge in [-0.25, -0.2) is 0 Å². The van der Waals surface area contributed by atoms with Gasteiger partial charge in [0.15, 0.2) is 0 Å². The smallest absolute Gasteiger partial charge is 0.252 e. The zero-order valence-corrected chi connectivity index (χ0v) is 33.3. The van der Waals surface area contributed by atoms with Crippen LogP contribution in [-0.2, 0) is 5.41 Å². The van der Waals surface area contributed by atoms with Crippen molar-refractivity contribution in [1.29, 1.82) is 0 Å². The number of hydrogen-bond acceptors (Lipinski definition) is 3. The van der Waals surface area contributed by atoms with Crippen molar-refractivity contribution in [2.24, 2.45) is 0 Å². The molecule has 8 aromatic carbocycles. The van der Waals surface area contributed by atoms with E-state index in [2.05, 4.69) is 223 Å². The van der Waals surface area contributed by atoms with E-state index in [1.807, 2.05) is 0 Å². The quantitative estimate of drug-likeness (QED) is 0.162. The Balaban J connectivity index is 1.13. The molecular weight excluding hydrogens is 713 g/mol. The molecule has 4 heteroatoms. The number of hydrogen-bond donors (Lipinski definition) is 0. The van der Waals surface area contributed by atoms with Crippen LogP contribution in [0.25, 0.3) is 21.9 Å². The molecule has 0 atom stereocenters. The van der Waals surface area contributed by atoms with Crippen LogP contribution >= 0.6 is 0 Å². The first-order chi connectivity index (χ1) is 29.1. The van der Waals surface area contributed by atoms with Gasteiger partial charge in [-0.3, -0.25) is 0 Å². The molecule has 0 aromatic heterocycles. The van der Waals surface area contributed by atoms with E-state index in [0.29, 0.717) is 0 Å². The number of fused-ring (bicyclic) bond motifs is 6. The Morgan fingerprint density at radius 2 is 1.20 bits per heavy atom. The molecule has 280 valence electrons. The topological polar surface area (TPSA) is 9.72 Å². The predicted octanol–water partition coefficient (Wildman–Crippen LogP) is 12.6. The summed E-state index contributed by atoms with van der Waals surface area (Å²) < 4.78 is 0. The van der Waals surface area contributed by atoms with Crippen molar-refractivity contribution >= 4 is 79.4 Å². The largest absolute Gasteiger partial charge is 0.315 e. The summed E-state index contributed by atoms with van der Waals surface area (Å²) in [7, 11) is 0. The summed E-state index contributed by atoms with van der Waals surface area (Å²) in [5, 5.41) is 2.60. The number of nitrogens with zero attached hydrogens (tertiary/aromatic N) is 3. The lowest BCUT2D eigenvalue weighted by Gasteiger charge is -2.46. The van der Waals surface area contributed by atoms with Gasteiger partial charge in [0.2, 0.25) is 0 Å². The molecule has 0 saturated carbocycles. The van der Waals surface area contributed by atoms with Gasteiger partial charge in [0, 0.05) is 56.3 Å². The van der Waals surface area contributed by atoms with Crippen LogP contribution in [0.4, 0.5) is 45.5 Å². The summed E-state index contributed by atoms with van der Waals surface area (Å²) in [6.45, 7) is 4.96. The molecule has 12 rings (SSSR count). The molecule has 2 aliphatic carbocycles. The van der Waals surface area contributed by atoms with Crippen LogP contribution in [0.3, 0.4) is 0 Å². The zero-order valence-electron chi connectivity index (χ0n) is 33.3. The van der Waals surface area contributed by atoms with E-state index < -0.39 is 0 Å². The van der Waals surface area contributed by atoms with Crippen LogP contribution in [0.2, 0.25) is 0 Å². The van der Waals surface area contributed by atoms with E-state index in [0.717, 1.165) is 24.2 Å². The number of rotatable bonds is 5. The third-order valence-corrected chi connectivity index (χ3v) is 13.3. The van der Waals surface area contributed by atoms with E-state index in [-0.39, 0.29) is 12.1 Å². The lowest BCUT2D eigenvalue weighted by molar-refractivity contribution is 0.646. The average Bonchev–Trinajstić information content (AvgIpc) is 3.29. The Bertz CT molecular complexity index is 3000. The minimum absolute atomic E-state index is 0.0781. The number of allylic oxidation sites excluding steroid dienone is 4. The molecule has 0 N–H and O–H groups in total. The van der Waals surface area contributed by atoms with Crippen molar-refractivity contribution in [3.63, 3.8) is 0 Å². The van der Waals surface area contributed by atoms with Gasteiger partial charge in [-0.1, -0.05) is 135 Å². The Morgan fingerprint density at radius 3 is 1.93 bits per heavy atom. The fourth-order valence-electron chi connectivity index (χ4n) is 10.7. The Hall–Kier alpha value is -7.04. The van der Waals surface area contributed by atoms with Gasteiger partial charge in [-0.2, -0.15) is 0 Å². The second kappa shape index (κ2) is 13.0. The summed E-state index contributed by atoms with van der Waals surface area (Å²) in [4.78, 5) is 7.50. The van der Waals surface area contributed by atoms with Gasteiger partial charge in [0.05, 0.1) is 5.69 Å². The molecule has 0 saturated heterocycles. The lowest BCUT2D eigenvalue weighted by atomic mass is 9.33. The molecule has 0 unspecified atom stereocenters. The Kier molecular flexibility index (Phi) is 7.50. The monoisotopic (exact) mass is 755 g/mol. The molecule has 2 aliphatic heterocycles. The van der Waals surface area contributed by atoms with Gasteiger partial charge < -0.3 is 14.7 Å². The molecule has 3 nitrogen and oxygen atoms in total. The standard InChI is InChI=1S/C55H42BN3/c1-55(2)44-28-17-27-42-48(57(37-19-7-3-8-20-37)38-21-9-4-10-22-38)34-33-41(53(42)44)43-35-52-47(36-45(43)55)56-46-29-15-16-30-49(46)58(39-23-11-5-12-24-39)50-31-18-32-51(54(50)56)59(52)40-25-13-6-14-26-40/h3-13,15-25,27-36H,14,26H2,1-2H3. The summed E-state index contributed by atoms with van der Waals surface area (Å²) in [6.07, 6.45) is 8.90. The Labute approximate surface area is 346 Å². The first-order valence-electron chi connectivity index (χ1n) is 21.0. The zero-order chi connectivity index (χ0) is 39.2. The minimum Gasteiger partial charge on any atom is -0.315 e. The minimum atomic E-state index is -0.262. The van der Waals surface area contributed by atoms with Crippen LogP contribution in [-0.4, -0.2) is 6.71 Å². The first-order valence-corrected chi connectivity index (χ1v) is 21.0. The molecule has 2 heterocycles. The van der Waals surface area contributed by atoms with Gasteiger partial charge in [-0.15, -0.1) is 0 Å². The van der Waals surface area contributed by atoms with Crippen LogP contribution < -0.4 is 31.1 Å². The third kappa shape index (κ3) is 4.96. The van der Waals surface area contributed by atoms with Crippen molar-refractivity contribution in [3.8, 4) is 11.1 Å². The molecular formula is C55H42BN3. The number of anilines is 8. The normalized spacial score (nSPS) is 15.2. The third-order valence-electron chi connectivity index (χ3n) is 13.3. The molecule has 59 heavy (non-hydrogen) atoms. The van der Waals surface area contributed by atoms with E-state index in [4.69, 9.17) is 0 Å². The Morgan fingerprint density at radius 1 is 0.542 bits per heavy atom. The first kappa shape index (κ1) is 34.0. The highest BCUT2D eigenvalue weighted by Gasteiger charge is 2.45. The van der Waals surface area contributed by atoms with Crippen molar-refractivity contribution < 1.29 is 0 Å². The molecule has 8 aromatic rings. The van der Waals surface area contributed by atoms with Gasteiger partial charge in [0.25, 0.3) is 6.71 Å². The number of para-hydroxylation sites is 4. The summed E-state index contributed by atoms with van der Waals surface area (Å²) in [5.74, 6) is 0. The summed E-state index contributed by atoms with van der Waals surface area (Å²) in [5.41, 5.74) is 20.2. The fourth-order valence-corrected chi connectivity index (χ4v) is 10.7. The molecule has 0 bridgehead atoms. The maximum Gasteiger partial charge on any atom is 0.252 e. The second-order valence-corrected chi connectivity index (χ2v) is 16.8. The summed E-state index contributed by atoms with van der Waals surface area (Å²) in [6, 6.07) is 65.4. The van der Waals surface area contributed by atoms with E-state index in [1.165, 1.54) is 89.2 Å². The van der Waals surface area contributed by atoms with Crippen molar-refractivity contribution in [2.75, 3.05) is 14.7 Å². The average molecular weight is 756 g/mol. The summed E-state index contributed by atoms with van der Waals surface area (Å²) >= 11 is 0. The lowest BCUT2D eigenvalue weighted by Crippen LogP contribution is -2.62. The van der Waals surface area contributed by atoms with Crippen molar-refractivity contribution in [1.82, 2.24) is 0 Å². The van der Waals surface area contributed by atoms with E-state index >= 15 is 0 Å². The molecule has 0 amide bonds. The fraction of sp³-hybridized carbons (Fsp3) is 0.0909. The second-order valence-electron chi connectivity index (χ2n) is 16.8. The van der Waals surface area contributed by atoms with Gasteiger partial charge >= 0.3 is 0 Å². The van der Waals surface area contributed by atoms with Gasteiger partial charge in [-0.05, 0) is 130 Å². The molecule has 4 aliphatic rings. The van der Waals surface area contributed by atoms with Crippen LogP contribution in [0.5, 0.6) is 0 Å². The maximum atomic E-state index is 2.61. The predicted molar refractivity (Wildman–Crippen MR) is 251 cm³/mol. The highest BCUT2D eigenvalue weighted by molar-refractivity contribution is 7.00. The van der Waals surface area contributed by atoms with Crippen molar-refractivity contribution in [3.05, 3.63) is 211 Å². The van der Waals surface area contributed by atoms with Crippen LogP contribution in [0.15, 0.2) is 200 Å². The maximum absolute atomic E-state index is 2.61. The van der Waals surface area contributed by atoms with E-state index in [1.54, 1.807) is 0 Å². The van der Waals surface area contributed by atoms with E-state index in [9.17, 15) is 0 Å². The molecule has 0 spiro atoms. The highest BCUT2D eigenvalue weighted by Crippen LogP contribution is 2.53. The SMILES string of the molecule is CC1(C)c2cc3c(cc2-c2ccc(N(c4ccccc4)c4ccccc4)c4cccc1c24)N(C1=CC=CCC1)c1cccc2c1B3c1ccccc1N2c1ccccc1. The van der Waals surface area contributed by atoms with Gasteiger partial charge in [0.1, 0.15) is 0 Å². The molecule has 0 fully saturated rings. The van der Waals surface area contributed by atoms with Crippen LogP contribution in [0, 0.1) is 0 Å². The van der Waals surface area contributed by atoms with Crippen LogP contribution in [0.1, 0.15) is 37.8 Å². The van der Waals surface area contributed by atoms with Crippen molar-refractivity contribution in [2.45, 2.75) is 32.1 Å².